The van der Waals surface area contributed by atoms with Crippen molar-refractivity contribution in [3.8, 4) is 0 Å². The molecule has 2 aliphatic heterocycles. The number of nitrogens with zero attached hydrogens (tertiary/aromatic N) is 2. The maximum Gasteiger partial charge on any atom is 0.317 e. The molecule has 8 nitrogen and oxygen atoms in total. The van der Waals surface area contributed by atoms with E-state index in [2.05, 4.69) is 5.32 Å². The summed E-state index contributed by atoms with van der Waals surface area (Å²) in [4.78, 5) is 25.3. The first-order valence-corrected chi connectivity index (χ1v) is 10.2. The van der Waals surface area contributed by atoms with Crippen molar-refractivity contribution in [2.45, 2.75) is 30.2 Å². The van der Waals surface area contributed by atoms with Crippen LogP contribution < -0.4 is 5.32 Å². The van der Waals surface area contributed by atoms with Crippen molar-refractivity contribution >= 4 is 22.0 Å². The topological polar surface area (TPSA) is 107 Å². The number of carboxylic acids is 1. The number of carboxylic acid groups (broad SMARTS) is 1. The largest absolute Gasteiger partial charge is 0.481 e. The predicted molar refractivity (Wildman–Crippen MR) is 94.1 cm³/mol. The summed E-state index contributed by atoms with van der Waals surface area (Å²) in [6.45, 7) is 1.29. The molecule has 0 saturated carbocycles. The van der Waals surface area contributed by atoms with Gasteiger partial charge in [0.05, 0.1) is 10.8 Å². The number of sulfonamides is 1. The lowest BCUT2D eigenvalue weighted by molar-refractivity contribution is -0.143. The SMILES string of the molecule is O=C(O)C1CCCN(C(=O)N[C@H]2CCN(S(=O)(=O)c3ccccc3)C2)C1. The summed E-state index contributed by atoms with van der Waals surface area (Å²) >= 11 is 0. The van der Waals surface area contributed by atoms with E-state index in [1.165, 1.54) is 9.21 Å². The van der Waals surface area contributed by atoms with Gasteiger partial charge in [-0.2, -0.15) is 4.31 Å². The van der Waals surface area contributed by atoms with E-state index >= 15 is 0 Å². The Bertz CT molecular complexity index is 768. The fraction of sp³-hybridized carbons (Fsp3) is 0.529. The van der Waals surface area contributed by atoms with E-state index in [0.29, 0.717) is 32.4 Å². The van der Waals surface area contributed by atoms with Gasteiger partial charge in [0.15, 0.2) is 0 Å². The monoisotopic (exact) mass is 381 g/mol. The lowest BCUT2D eigenvalue weighted by Crippen LogP contribution is -2.50. The summed E-state index contributed by atoms with van der Waals surface area (Å²) < 4.78 is 26.6. The number of rotatable bonds is 4. The van der Waals surface area contributed by atoms with Crippen LogP contribution in [-0.2, 0) is 14.8 Å². The van der Waals surface area contributed by atoms with Crippen LogP contribution in [0.1, 0.15) is 19.3 Å². The third-order valence-corrected chi connectivity index (χ3v) is 6.80. The molecule has 1 aromatic rings. The molecule has 26 heavy (non-hydrogen) atoms. The number of hydrogen-bond acceptors (Lipinski definition) is 4. The lowest BCUT2D eigenvalue weighted by atomic mass is 9.99. The molecule has 1 unspecified atom stereocenters. The van der Waals surface area contributed by atoms with Gasteiger partial charge in [-0.05, 0) is 31.4 Å². The maximum atomic E-state index is 12.6. The van der Waals surface area contributed by atoms with Crippen LogP contribution in [0.4, 0.5) is 4.79 Å². The molecule has 9 heteroatoms. The molecular formula is C17H23N3O5S. The summed E-state index contributed by atoms with van der Waals surface area (Å²) in [7, 11) is -3.56. The quantitative estimate of drug-likeness (QED) is 0.808. The van der Waals surface area contributed by atoms with Gasteiger partial charge in [0.1, 0.15) is 0 Å². The zero-order chi connectivity index (χ0) is 18.7. The van der Waals surface area contributed by atoms with Crippen molar-refractivity contribution in [3.05, 3.63) is 30.3 Å². The van der Waals surface area contributed by atoms with Crippen LogP contribution in [0.5, 0.6) is 0 Å². The minimum atomic E-state index is -3.56. The second-order valence-electron chi connectivity index (χ2n) is 6.73. The molecule has 0 aliphatic carbocycles. The number of piperidine rings is 1. The molecule has 2 amide bonds. The first-order valence-electron chi connectivity index (χ1n) is 8.71. The number of benzene rings is 1. The van der Waals surface area contributed by atoms with E-state index in [9.17, 15) is 18.0 Å². The zero-order valence-electron chi connectivity index (χ0n) is 14.4. The standard InChI is InChI=1S/C17H23N3O5S/c21-16(22)13-5-4-9-19(11-13)17(23)18-14-8-10-20(12-14)26(24,25)15-6-2-1-3-7-15/h1-3,6-7,13-14H,4-5,8-12H2,(H,18,23)(H,21,22)/t13?,14-/m0/s1. The smallest absolute Gasteiger partial charge is 0.317 e. The minimum Gasteiger partial charge on any atom is -0.481 e. The molecule has 3 rings (SSSR count). The Balaban J connectivity index is 1.58. The number of likely N-dealkylation sites (tertiary alicyclic amines) is 1. The normalized spacial score (nSPS) is 24.4. The average Bonchev–Trinajstić information content (AvgIpc) is 3.12. The third-order valence-electron chi connectivity index (χ3n) is 4.92. The van der Waals surface area contributed by atoms with Crippen LogP contribution in [0.15, 0.2) is 35.2 Å². The predicted octanol–water partition coefficient (Wildman–Crippen LogP) is 0.956. The van der Waals surface area contributed by atoms with E-state index in [-0.39, 0.29) is 30.1 Å². The molecule has 0 bridgehead atoms. The van der Waals surface area contributed by atoms with Crippen molar-refractivity contribution in [3.63, 3.8) is 0 Å². The Kier molecular flexibility index (Phi) is 5.47. The molecule has 2 fully saturated rings. The van der Waals surface area contributed by atoms with Gasteiger partial charge in [-0.25, -0.2) is 13.2 Å². The van der Waals surface area contributed by atoms with Gasteiger partial charge >= 0.3 is 12.0 Å². The molecule has 1 aromatic carbocycles. The van der Waals surface area contributed by atoms with E-state index in [1.54, 1.807) is 30.3 Å². The molecule has 142 valence electrons. The summed E-state index contributed by atoms with van der Waals surface area (Å²) in [6.07, 6.45) is 1.77. The highest BCUT2D eigenvalue weighted by molar-refractivity contribution is 7.89. The summed E-state index contributed by atoms with van der Waals surface area (Å²) in [5.41, 5.74) is 0. The molecule has 2 heterocycles. The maximum absolute atomic E-state index is 12.6. The second kappa shape index (κ2) is 7.63. The highest BCUT2D eigenvalue weighted by Crippen LogP contribution is 2.22. The number of carbonyl (C=O) groups excluding carboxylic acids is 1. The zero-order valence-corrected chi connectivity index (χ0v) is 15.2. The Labute approximate surface area is 152 Å². The molecule has 0 spiro atoms. The molecule has 0 aromatic heterocycles. The van der Waals surface area contributed by atoms with Crippen LogP contribution >= 0.6 is 0 Å². The first-order chi connectivity index (χ1) is 12.4. The van der Waals surface area contributed by atoms with E-state index < -0.39 is 21.9 Å². The summed E-state index contributed by atoms with van der Waals surface area (Å²) in [5.74, 6) is -1.42. The minimum absolute atomic E-state index is 0.194. The molecule has 2 N–H and O–H groups in total. The van der Waals surface area contributed by atoms with Gasteiger partial charge in [-0.1, -0.05) is 18.2 Å². The van der Waals surface area contributed by atoms with Crippen molar-refractivity contribution < 1.29 is 23.1 Å². The fourth-order valence-electron chi connectivity index (χ4n) is 3.43. The summed E-state index contributed by atoms with van der Waals surface area (Å²) in [5, 5.41) is 12.0. The Morgan fingerprint density at radius 1 is 1.08 bits per heavy atom. The Hall–Kier alpha value is -2.13. The van der Waals surface area contributed by atoms with Crippen LogP contribution in [-0.4, -0.2) is 67.0 Å². The van der Waals surface area contributed by atoms with Gasteiger partial charge in [-0.15, -0.1) is 0 Å². The number of urea groups is 1. The molecule has 0 radical (unpaired) electrons. The van der Waals surface area contributed by atoms with Gasteiger partial charge in [-0.3, -0.25) is 4.79 Å². The molecule has 2 atom stereocenters. The van der Waals surface area contributed by atoms with Crippen molar-refractivity contribution in [2.24, 2.45) is 5.92 Å². The number of hydrogen-bond donors (Lipinski definition) is 2. The number of carbonyl (C=O) groups is 2. The van der Waals surface area contributed by atoms with E-state index in [1.807, 2.05) is 0 Å². The second-order valence-corrected chi connectivity index (χ2v) is 8.67. The van der Waals surface area contributed by atoms with Crippen LogP contribution in [0, 0.1) is 5.92 Å². The molecular weight excluding hydrogens is 358 g/mol. The molecule has 2 saturated heterocycles. The Morgan fingerprint density at radius 3 is 2.50 bits per heavy atom. The first kappa shape index (κ1) is 18.7. The highest BCUT2D eigenvalue weighted by atomic mass is 32.2. The van der Waals surface area contributed by atoms with Crippen molar-refractivity contribution in [2.75, 3.05) is 26.2 Å². The lowest BCUT2D eigenvalue weighted by Gasteiger charge is -2.31. The number of aliphatic carboxylic acids is 1. The third kappa shape index (κ3) is 3.99. The summed E-state index contributed by atoms with van der Waals surface area (Å²) in [6, 6.07) is 7.64. The fourth-order valence-corrected chi connectivity index (χ4v) is 4.96. The van der Waals surface area contributed by atoms with Gasteiger partial charge < -0.3 is 15.3 Å². The van der Waals surface area contributed by atoms with Gasteiger partial charge in [0, 0.05) is 32.2 Å². The van der Waals surface area contributed by atoms with Gasteiger partial charge in [0.2, 0.25) is 10.0 Å². The highest BCUT2D eigenvalue weighted by Gasteiger charge is 2.35. The van der Waals surface area contributed by atoms with Crippen LogP contribution in [0.3, 0.4) is 0 Å². The Morgan fingerprint density at radius 2 is 1.81 bits per heavy atom. The van der Waals surface area contributed by atoms with E-state index in [0.717, 1.165) is 0 Å². The number of nitrogens with one attached hydrogen (secondary N) is 1. The van der Waals surface area contributed by atoms with Crippen LogP contribution in [0.25, 0.3) is 0 Å². The van der Waals surface area contributed by atoms with E-state index in [4.69, 9.17) is 5.11 Å². The van der Waals surface area contributed by atoms with Crippen molar-refractivity contribution in [1.82, 2.24) is 14.5 Å². The van der Waals surface area contributed by atoms with Crippen molar-refractivity contribution in [1.29, 1.82) is 0 Å². The average molecular weight is 381 g/mol. The molecule has 2 aliphatic rings. The number of amides is 2. The van der Waals surface area contributed by atoms with Crippen LogP contribution in [0.2, 0.25) is 0 Å². The van der Waals surface area contributed by atoms with Gasteiger partial charge in [0.25, 0.3) is 0 Å².